The van der Waals surface area contributed by atoms with Gasteiger partial charge in [-0.25, -0.2) is 9.97 Å². The number of halogens is 1. The topological polar surface area (TPSA) is 66.5 Å². The van der Waals surface area contributed by atoms with Crippen LogP contribution in [0.25, 0.3) is 11.0 Å². The van der Waals surface area contributed by atoms with E-state index in [9.17, 15) is 0 Å². The number of nitrogens with one attached hydrogen (secondary N) is 2. The molecule has 5 nitrogen and oxygen atoms in total. The number of rotatable bonds is 1. The average Bonchev–Trinajstić information content (AvgIpc) is 2.48. The normalized spacial score (nSPS) is 10.5. The molecule has 2 rings (SSSR count). The molecule has 0 amide bonds. The predicted molar refractivity (Wildman–Crippen MR) is 53.9 cm³/mol. The molecule has 0 saturated carbocycles. The average molecular weight is 275 g/mol. The van der Waals surface area contributed by atoms with Gasteiger partial charge in [0.1, 0.15) is 15.8 Å². The number of anilines is 1. The zero-order valence-corrected chi connectivity index (χ0v) is 8.45. The second-order valence-electron chi connectivity index (χ2n) is 2.21. The van der Waals surface area contributed by atoms with Crippen LogP contribution < -0.4 is 5.32 Å². The molecule has 12 heavy (non-hydrogen) atoms. The molecule has 0 bridgehead atoms. The lowest BCUT2D eigenvalue weighted by atomic mass is 10.4. The summed E-state index contributed by atoms with van der Waals surface area (Å²) in [5.74, 6) is 0.804. The summed E-state index contributed by atoms with van der Waals surface area (Å²) in [7, 11) is 1.82. The molecule has 0 atom stereocenters. The quantitative estimate of drug-likeness (QED) is 0.762. The SMILES string of the molecule is CNc1ncnc2[nH]nc(I)c12. The largest absolute Gasteiger partial charge is 0.372 e. The Morgan fingerprint density at radius 1 is 1.50 bits per heavy atom. The summed E-state index contributed by atoms with van der Waals surface area (Å²) in [6, 6.07) is 0. The molecule has 0 saturated heterocycles. The fourth-order valence-corrected chi connectivity index (χ4v) is 1.64. The van der Waals surface area contributed by atoms with Crippen molar-refractivity contribution in [2.45, 2.75) is 0 Å². The van der Waals surface area contributed by atoms with Gasteiger partial charge in [-0.05, 0) is 22.6 Å². The van der Waals surface area contributed by atoms with Gasteiger partial charge in [0.15, 0.2) is 5.65 Å². The second kappa shape index (κ2) is 2.85. The number of H-pyrrole nitrogens is 1. The van der Waals surface area contributed by atoms with E-state index in [4.69, 9.17) is 0 Å². The first-order chi connectivity index (χ1) is 5.83. The lowest BCUT2D eigenvalue weighted by molar-refractivity contribution is 1.07. The molecule has 2 heterocycles. The van der Waals surface area contributed by atoms with Gasteiger partial charge in [-0.1, -0.05) is 0 Å². The maximum atomic E-state index is 4.07. The summed E-state index contributed by atoms with van der Waals surface area (Å²) in [6.45, 7) is 0. The van der Waals surface area contributed by atoms with E-state index in [1.54, 1.807) is 0 Å². The van der Waals surface area contributed by atoms with Crippen molar-refractivity contribution in [1.82, 2.24) is 20.2 Å². The fraction of sp³-hybridized carbons (Fsp3) is 0.167. The molecule has 2 N–H and O–H groups in total. The van der Waals surface area contributed by atoms with Gasteiger partial charge >= 0.3 is 0 Å². The summed E-state index contributed by atoms with van der Waals surface area (Å²) >= 11 is 2.14. The number of aromatic amines is 1. The third-order valence-electron chi connectivity index (χ3n) is 1.55. The molecule has 0 fully saturated rings. The zero-order valence-electron chi connectivity index (χ0n) is 6.30. The first-order valence-corrected chi connectivity index (χ1v) is 4.43. The van der Waals surface area contributed by atoms with Crippen molar-refractivity contribution in [1.29, 1.82) is 0 Å². The van der Waals surface area contributed by atoms with Crippen molar-refractivity contribution in [2.24, 2.45) is 0 Å². The monoisotopic (exact) mass is 275 g/mol. The first-order valence-electron chi connectivity index (χ1n) is 3.35. The highest BCUT2D eigenvalue weighted by molar-refractivity contribution is 14.1. The van der Waals surface area contributed by atoms with Gasteiger partial charge in [0, 0.05) is 7.05 Å². The highest BCUT2D eigenvalue weighted by Crippen LogP contribution is 2.21. The Morgan fingerprint density at radius 3 is 3.08 bits per heavy atom. The summed E-state index contributed by atoms with van der Waals surface area (Å²) in [5, 5.41) is 10.8. The van der Waals surface area contributed by atoms with E-state index in [0.717, 1.165) is 20.6 Å². The molecule has 2 aromatic rings. The molecule has 0 aliphatic rings. The van der Waals surface area contributed by atoms with Gasteiger partial charge in [-0.15, -0.1) is 0 Å². The van der Waals surface area contributed by atoms with E-state index in [-0.39, 0.29) is 0 Å². The van der Waals surface area contributed by atoms with Crippen molar-refractivity contribution < 1.29 is 0 Å². The molecule has 0 spiro atoms. The van der Waals surface area contributed by atoms with E-state index in [1.807, 2.05) is 7.05 Å². The molecule has 0 aliphatic heterocycles. The Labute approximate surface area is 82.1 Å². The van der Waals surface area contributed by atoms with E-state index >= 15 is 0 Å². The van der Waals surface area contributed by atoms with Gasteiger partial charge in [-0.3, -0.25) is 5.10 Å². The van der Waals surface area contributed by atoms with Crippen LogP contribution in [0.1, 0.15) is 0 Å². The summed E-state index contributed by atoms with van der Waals surface area (Å²) in [4.78, 5) is 8.11. The van der Waals surface area contributed by atoms with E-state index in [0.29, 0.717) is 0 Å². The number of nitrogens with zero attached hydrogens (tertiary/aromatic N) is 3. The standard InChI is InChI=1S/C6H6IN5/c1-8-5-3-4(7)11-12-6(3)10-2-9-5/h2H,1H3,(H2,8,9,10,11,12). The molecule has 0 unspecified atom stereocenters. The van der Waals surface area contributed by atoms with Gasteiger partial charge < -0.3 is 5.32 Å². The Hall–Kier alpha value is -0.920. The zero-order chi connectivity index (χ0) is 8.55. The molecule has 0 radical (unpaired) electrons. The van der Waals surface area contributed by atoms with Crippen molar-refractivity contribution in [3.63, 3.8) is 0 Å². The van der Waals surface area contributed by atoms with Crippen molar-refractivity contribution in [3.8, 4) is 0 Å². The Kier molecular flexibility index (Phi) is 1.83. The highest BCUT2D eigenvalue weighted by atomic mass is 127. The van der Waals surface area contributed by atoms with Crippen LogP contribution in [0.2, 0.25) is 0 Å². The molecule has 2 aromatic heterocycles. The minimum absolute atomic E-state index is 0.763. The van der Waals surface area contributed by atoms with Crippen LogP contribution in [0.4, 0.5) is 5.82 Å². The van der Waals surface area contributed by atoms with Crippen LogP contribution in [0.15, 0.2) is 6.33 Å². The second-order valence-corrected chi connectivity index (χ2v) is 3.23. The van der Waals surface area contributed by atoms with Crippen LogP contribution in [-0.2, 0) is 0 Å². The van der Waals surface area contributed by atoms with Crippen molar-refractivity contribution in [3.05, 3.63) is 10.0 Å². The van der Waals surface area contributed by atoms with Gasteiger partial charge in [-0.2, -0.15) is 5.10 Å². The van der Waals surface area contributed by atoms with Crippen LogP contribution >= 0.6 is 22.6 Å². The molecule has 0 aliphatic carbocycles. The predicted octanol–water partition coefficient (Wildman–Crippen LogP) is 0.999. The molecular weight excluding hydrogens is 269 g/mol. The fourth-order valence-electron chi connectivity index (χ4n) is 1.01. The maximum absolute atomic E-state index is 4.07. The van der Waals surface area contributed by atoms with Crippen LogP contribution in [-0.4, -0.2) is 27.2 Å². The lowest BCUT2D eigenvalue weighted by Crippen LogP contribution is -1.93. The first kappa shape index (κ1) is 7.71. The smallest absolute Gasteiger partial charge is 0.161 e. The molecule has 6 heteroatoms. The van der Waals surface area contributed by atoms with Crippen LogP contribution in [0, 0.1) is 3.70 Å². The van der Waals surface area contributed by atoms with Crippen LogP contribution in [0.5, 0.6) is 0 Å². The Bertz CT molecular complexity index is 409. The van der Waals surface area contributed by atoms with Gasteiger partial charge in [0.2, 0.25) is 0 Å². The Balaban J connectivity index is 2.84. The van der Waals surface area contributed by atoms with Gasteiger partial charge in [0.05, 0.1) is 5.39 Å². The molecule has 0 aromatic carbocycles. The van der Waals surface area contributed by atoms with Crippen LogP contribution in [0.3, 0.4) is 0 Å². The third-order valence-corrected chi connectivity index (χ3v) is 2.33. The summed E-state index contributed by atoms with van der Waals surface area (Å²) < 4.78 is 0.882. The highest BCUT2D eigenvalue weighted by Gasteiger charge is 2.08. The number of hydrogen-bond acceptors (Lipinski definition) is 4. The number of hydrogen-bond donors (Lipinski definition) is 2. The van der Waals surface area contributed by atoms with E-state index < -0.39 is 0 Å². The Morgan fingerprint density at radius 2 is 2.33 bits per heavy atom. The maximum Gasteiger partial charge on any atom is 0.161 e. The van der Waals surface area contributed by atoms with E-state index in [2.05, 4.69) is 48.1 Å². The number of aromatic nitrogens is 4. The lowest BCUT2D eigenvalue weighted by Gasteiger charge is -1.97. The van der Waals surface area contributed by atoms with E-state index in [1.165, 1.54) is 6.33 Å². The number of fused-ring (bicyclic) bond motifs is 1. The third kappa shape index (κ3) is 1.02. The minimum Gasteiger partial charge on any atom is -0.372 e. The minimum atomic E-state index is 0.763. The van der Waals surface area contributed by atoms with Crippen molar-refractivity contribution in [2.75, 3.05) is 12.4 Å². The molecular formula is C6H6IN5. The molecule has 62 valence electrons. The summed E-state index contributed by atoms with van der Waals surface area (Å²) in [5.41, 5.74) is 0.763. The van der Waals surface area contributed by atoms with Gasteiger partial charge in [0.25, 0.3) is 0 Å². The van der Waals surface area contributed by atoms with Crippen molar-refractivity contribution >= 4 is 39.4 Å². The summed E-state index contributed by atoms with van der Waals surface area (Å²) in [6.07, 6.45) is 1.50.